The molecule has 24 heteroatoms. The summed E-state index contributed by atoms with van der Waals surface area (Å²) in [4.78, 5) is 172. The van der Waals surface area contributed by atoms with Crippen LogP contribution in [-0.2, 0) is 59.2 Å². The van der Waals surface area contributed by atoms with E-state index in [0.29, 0.717) is 12.0 Å². The van der Waals surface area contributed by atoms with Gasteiger partial charge in [0.2, 0.25) is 65.0 Å². The molecule has 1 heterocycles. The number of allylic oxidation sites excluding steroid dienone is 2. The summed E-state index contributed by atoms with van der Waals surface area (Å²) in [6.45, 7) is 27.3. The van der Waals surface area contributed by atoms with E-state index in [4.69, 9.17) is 0 Å². The minimum atomic E-state index is -1.66. The van der Waals surface area contributed by atoms with Crippen molar-refractivity contribution in [3.8, 4) is 0 Å². The van der Waals surface area contributed by atoms with E-state index in [9.17, 15) is 48.6 Å². The van der Waals surface area contributed by atoms with E-state index in [-0.39, 0.29) is 62.2 Å². The molecule has 526 valence electrons. The van der Waals surface area contributed by atoms with Gasteiger partial charge in [0.1, 0.15) is 66.5 Å². The Morgan fingerprint density at radius 3 is 1.31 bits per heavy atom. The summed E-state index contributed by atoms with van der Waals surface area (Å²) in [5.74, 6) is -10.7. The Morgan fingerprint density at radius 2 is 0.860 bits per heavy atom. The Balaban J connectivity index is 3.12. The lowest BCUT2D eigenvalue weighted by molar-refractivity contribution is -0.157. The van der Waals surface area contributed by atoms with E-state index in [0.717, 1.165) is 14.7 Å². The van der Waals surface area contributed by atoms with E-state index in [1.54, 1.807) is 91.0 Å². The maximum atomic E-state index is 15.3. The molecule has 6 N–H and O–H groups in total. The number of likely N-dealkylation sites (N-methyl/N-ethyl adjacent to an activating group) is 7. The molecule has 1 aliphatic rings. The third kappa shape index (κ3) is 22.6. The minimum absolute atomic E-state index is 0.00000755. The van der Waals surface area contributed by atoms with Crippen molar-refractivity contribution in [3.05, 3.63) is 48.0 Å². The molecular formula is C69H117N11O13. The minimum Gasteiger partial charge on any atom is -0.394 e. The highest BCUT2D eigenvalue weighted by atomic mass is 16.3. The van der Waals surface area contributed by atoms with Gasteiger partial charge in [0.25, 0.3) is 0 Å². The van der Waals surface area contributed by atoms with Crippen LogP contribution >= 0.6 is 0 Å². The third-order valence-corrected chi connectivity index (χ3v) is 17.8. The quantitative estimate of drug-likeness (QED) is 0.114. The summed E-state index contributed by atoms with van der Waals surface area (Å²) in [5, 5.41) is 34.3. The van der Waals surface area contributed by atoms with Crippen LogP contribution in [0.4, 0.5) is 0 Å². The lowest BCUT2D eigenvalue weighted by atomic mass is 9.91. The summed E-state index contributed by atoms with van der Waals surface area (Å²) in [6.07, 6.45) is 2.62. The number of amides is 11. The Kier molecular flexibility index (Phi) is 33.4. The van der Waals surface area contributed by atoms with Gasteiger partial charge in [-0.1, -0.05) is 139 Å². The van der Waals surface area contributed by atoms with Gasteiger partial charge in [-0.15, -0.1) is 0 Å². The number of carbonyl (C=O) groups excluding carboxylic acids is 11. The fourth-order valence-corrected chi connectivity index (χ4v) is 11.8. The molecule has 0 bridgehead atoms. The number of nitrogens with zero attached hydrogens (tertiary/aromatic N) is 7. The number of benzene rings is 1. The van der Waals surface area contributed by atoms with E-state index in [1.807, 2.05) is 55.4 Å². The van der Waals surface area contributed by atoms with Crippen molar-refractivity contribution in [2.75, 3.05) is 55.9 Å². The second-order valence-electron chi connectivity index (χ2n) is 28.0. The zero-order valence-corrected chi connectivity index (χ0v) is 60.2. The van der Waals surface area contributed by atoms with Crippen molar-refractivity contribution in [3.63, 3.8) is 0 Å². The first-order chi connectivity index (χ1) is 43.2. The lowest BCUT2D eigenvalue weighted by Gasteiger charge is -2.41. The largest absolute Gasteiger partial charge is 0.394 e. The molecule has 1 aromatic rings. The summed E-state index contributed by atoms with van der Waals surface area (Å²) in [6, 6.07) is -5.96. The summed E-state index contributed by atoms with van der Waals surface area (Å²) in [5.41, 5.74) is 0.614. The van der Waals surface area contributed by atoms with Crippen molar-refractivity contribution >= 4 is 65.0 Å². The molecule has 0 saturated carbocycles. The maximum Gasteiger partial charge on any atom is 0.247 e. The van der Waals surface area contributed by atoms with Crippen LogP contribution in [-0.4, -0.2) is 238 Å². The van der Waals surface area contributed by atoms with Gasteiger partial charge >= 0.3 is 0 Å². The van der Waals surface area contributed by atoms with Gasteiger partial charge in [-0.2, -0.15) is 0 Å². The summed E-state index contributed by atoms with van der Waals surface area (Å²) in [7, 11) is 9.78. The molecule has 0 aliphatic carbocycles. The normalized spacial score (nSPS) is 26.4. The van der Waals surface area contributed by atoms with E-state index in [1.165, 1.54) is 75.9 Å². The van der Waals surface area contributed by atoms with Crippen LogP contribution in [0.25, 0.3) is 0 Å². The highest BCUT2D eigenvalue weighted by molar-refractivity contribution is 6.00. The highest BCUT2D eigenvalue weighted by Gasteiger charge is 2.46. The fourth-order valence-electron chi connectivity index (χ4n) is 11.8. The number of carbonyl (C=O) groups is 11. The second kappa shape index (κ2) is 37.8. The smallest absolute Gasteiger partial charge is 0.247 e. The average molecular weight is 1310 g/mol. The molecule has 1 saturated heterocycles. The molecule has 1 fully saturated rings. The second-order valence-corrected chi connectivity index (χ2v) is 28.0. The molecule has 0 radical (unpaired) electrons. The standard InChI is InChI=1S/C69H117N11O13/c1-24-26-30-45(15)58(82)57-62(86)70-48(25-2)64(88)74(17)46(16)63(87)75(18)52(34-40(5)6)61(85)73-55(43(11)12)68(92)76(19)51(33-39(3)4)60(84)71-49(37-47-31-28-27-29-32-47)59(83)72-50(38-81)65(89)77(20)53(35-41(7)8)66(90)78(21)54(36-42(9)10)67(91)79(22)56(44(13)14)69(93)80(57)23/h24,26-29,31-32,39-46,48-58,81-82H,25,30,33-38H2,1-23H3,(H,70,86)(H,71,84)(H,72,83)(H,73,85)/b26-24+/t45?,46-,48+,49+,50-,51+,52+,53+,54+,55+,56+,57+,58?/m1/s1. The van der Waals surface area contributed by atoms with Gasteiger partial charge in [-0.25, -0.2) is 0 Å². The van der Waals surface area contributed by atoms with E-state index in [2.05, 4.69) is 21.3 Å². The summed E-state index contributed by atoms with van der Waals surface area (Å²) < 4.78 is 0. The van der Waals surface area contributed by atoms with Crippen molar-refractivity contribution in [1.29, 1.82) is 0 Å². The monoisotopic (exact) mass is 1310 g/mol. The Bertz CT molecular complexity index is 2700. The van der Waals surface area contributed by atoms with Crippen molar-refractivity contribution < 1.29 is 63.0 Å². The molecule has 93 heavy (non-hydrogen) atoms. The maximum absolute atomic E-state index is 15.3. The molecule has 11 amide bonds. The first-order valence-electron chi connectivity index (χ1n) is 33.3. The highest BCUT2D eigenvalue weighted by Crippen LogP contribution is 2.26. The number of hydrogen-bond acceptors (Lipinski definition) is 13. The topological polar surface area (TPSA) is 299 Å². The van der Waals surface area contributed by atoms with Crippen LogP contribution in [0.3, 0.4) is 0 Å². The zero-order chi connectivity index (χ0) is 71.4. The predicted octanol–water partition coefficient (Wildman–Crippen LogP) is 3.85. The molecule has 24 nitrogen and oxygen atoms in total. The van der Waals surface area contributed by atoms with Crippen LogP contribution in [0.2, 0.25) is 0 Å². The summed E-state index contributed by atoms with van der Waals surface area (Å²) >= 11 is 0. The predicted molar refractivity (Wildman–Crippen MR) is 359 cm³/mol. The Morgan fingerprint density at radius 1 is 0.452 bits per heavy atom. The van der Waals surface area contributed by atoms with Crippen molar-refractivity contribution in [2.45, 2.75) is 228 Å². The first-order valence-corrected chi connectivity index (χ1v) is 33.3. The van der Waals surface area contributed by atoms with Gasteiger partial charge in [0.15, 0.2) is 0 Å². The fraction of sp³-hybridized carbons (Fsp3) is 0.725. The van der Waals surface area contributed by atoms with Gasteiger partial charge < -0.3 is 65.8 Å². The Labute approximate surface area is 555 Å². The molecular weight excluding hydrogens is 1190 g/mol. The molecule has 0 aromatic heterocycles. The van der Waals surface area contributed by atoms with Gasteiger partial charge in [0.05, 0.1) is 12.7 Å². The zero-order valence-electron chi connectivity index (χ0n) is 60.2. The SMILES string of the molecule is C/C=C/CC(C)C(O)[C@H]1C(=O)N[C@@H](CC)C(=O)N(C)[C@H](C)C(=O)N(C)[C@@H](CC(C)C)C(=O)N[C@@H](C(C)C)C(=O)N(C)[C@@H](CC(C)C)C(=O)N[C@@H](Cc2ccccc2)C(=O)N[C@H](CO)C(=O)N(C)[C@@H](CC(C)C)C(=O)N(C)[C@@H](CC(C)C)C(=O)N(C)[C@@H](C(C)C)C(=O)N1C. The molecule has 1 aromatic carbocycles. The van der Waals surface area contributed by atoms with Gasteiger partial charge in [-0.05, 0) is 99.4 Å². The molecule has 2 rings (SSSR count). The number of aliphatic hydroxyl groups excluding tert-OH is 2. The number of aliphatic hydroxyl groups is 2. The Hall–Kier alpha value is -6.95. The molecule has 13 atom stereocenters. The van der Waals surface area contributed by atoms with Crippen molar-refractivity contribution in [1.82, 2.24) is 55.6 Å². The average Bonchev–Trinajstić information content (AvgIpc) is 0.844. The van der Waals surface area contributed by atoms with Gasteiger partial charge in [-0.3, -0.25) is 52.7 Å². The first kappa shape index (κ1) is 82.1. The van der Waals surface area contributed by atoms with Crippen molar-refractivity contribution in [2.24, 2.45) is 41.4 Å². The molecule has 0 spiro atoms. The molecule has 1 aliphatic heterocycles. The lowest BCUT2D eigenvalue weighted by Crippen LogP contribution is -2.64. The van der Waals surface area contributed by atoms with Crippen LogP contribution in [0.5, 0.6) is 0 Å². The van der Waals surface area contributed by atoms with Crippen LogP contribution < -0.4 is 21.3 Å². The van der Waals surface area contributed by atoms with Crippen LogP contribution in [0, 0.1) is 41.4 Å². The molecule has 2 unspecified atom stereocenters. The number of rotatable bonds is 18. The number of nitrogens with one attached hydrogen (secondary N) is 4. The van der Waals surface area contributed by atoms with Crippen LogP contribution in [0.1, 0.15) is 155 Å². The van der Waals surface area contributed by atoms with E-state index >= 15 is 14.4 Å². The number of hydrogen-bond donors (Lipinski definition) is 6. The van der Waals surface area contributed by atoms with Gasteiger partial charge in [0, 0.05) is 55.8 Å². The van der Waals surface area contributed by atoms with E-state index < -0.39 is 162 Å². The third-order valence-electron chi connectivity index (χ3n) is 17.8. The van der Waals surface area contributed by atoms with Crippen LogP contribution in [0.15, 0.2) is 42.5 Å².